The lowest BCUT2D eigenvalue weighted by atomic mass is 10.0. The van der Waals surface area contributed by atoms with Crippen LogP contribution in [0.1, 0.15) is 15.9 Å². The third-order valence-electron chi connectivity index (χ3n) is 3.87. The number of imide groups is 1. The summed E-state index contributed by atoms with van der Waals surface area (Å²) < 4.78 is 0. The number of urea groups is 1. The number of aromatic hydroxyl groups is 1. The molecule has 126 valence electrons. The van der Waals surface area contributed by atoms with Crippen molar-refractivity contribution in [1.82, 2.24) is 5.32 Å². The molecule has 25 heavy (non-hydrogen) atoms. The van der Waals surface area contributed by atoms with Gasteiger partial charge in [0.2, 0.25) is 0 Å². The van der Waals surface area contributed by atoms with Gasteiger partial charge in [-0.05, 0) is 53.6 Å². The van der Waals surface area contributed by atoms with Gasteiger partial charge in [-0.1, -0.05) is 35.9 Å². The molecule has 0 heterocycles. The molecule has 0 fully saturated rings. The molecule has 0 saturated heterocycles. The molecular formula is C19H15ClN2O3. The fraction of sp³-hybridized carbons (Fsp3) is 0.0526. The molecule has 0 aliphatic carbocycles. The number of hydrogen-bond donors (Lipinski definition) is 3. The summed E-state index contributed by atoms with van der Waals surface area (Å²) in [5, 5.41) is 16.6. The lowest BCUT2D eigenvalue weighted by Crippen LogP contribution is -2.34. The molecule has 5 nitrogen and oxygen atoms in total. The summed E-state index contributed by atoms with van der Waals surface area (Å²) in [4.78, 5) is 24.2. The quantitative estimate of drug-likeness (QED) is 0.635. The maximum absolute atomic E-state index is 12.3. The van der Waals surface area contributed by atoms with Crippen molar-refractivity contribution in [2.24, 2.45) is 0 Å². The second-order valence-corrected chi connectivity index (χ2v) is 5.94. The van der Waals surface area contributed by atoms with Gasteiger partial charge in [0.05, 0.1) is 10.7 Å². The number of fused-ring (bicyclic) bond motifs is 1. The summed E-state index contributed by atoms with van der Waals surface area (Å²) in [6.45, 7) is 1.80. The molecule has 0 atom stereocenters. The van der Waals surface area contributed by atoms with E-state index in [-0.39, 0.29) is 5.75 Å². The van der Waals surface area contributed by atoms with E-state index in [0.29, 0.717) is 16.3 Å². The van der Waals surface area contributed by atoms with Crippen molar-refractivity contribution in [2.75, 3.05) is 5.32 Å². The third kappa shape index (κ3) is 3.56. The number of para-hydroxylation sites is 1. The highest BCUT2D eigenvalue weighted by Gasteiger charge is 2.13. The van der Waals surface area contributed by atoms with Crippen molar-refractivity contribution in [1.29, 1.82) is 0 Å². The molecule has 0 saturated carbocycles. The number of amides is 3. The monoisotopic (exact) mass is 354 g/mol. The number of phenols is 1. The van der Waals surface area contributed by atoms with Crippen molar-refractivity contribution in [3.63, 3.8) is 0 Å². The Bertz CT molecular complexity index is 986. The van der Waals surface area contributed by atoms with Crippen molar-refractivity contribution in [3.05, 3.63) is 70.7 Å². The first kappa shape index (κ1) is 16.8. The zero-order valence-electron chi connectivity index (χ0n) is 13.3. The lowest BCUT2D eigenvalue weighted by molar-refractivity contribution is 0.0967. The topological polar surface area (TPSA) is 78.4 Å². The molecule has 3 rings (SSSR count). The molecule has 0 spiro atoms. The second kappa shape index (κ2) is 6.83. The molecule has 0 bridgehead atoms. The summed E-state index contributed by atoms with van der Waals surface area (Å²) in [5.74, 6) is -0.332. The summed E-state index contributed by atoms with van der Waals surface area (Å²) in [6.07, 6.45) is 0. The van der Waals surface area contributed by atoms with E-state index in [1.54, 1.807) is 61.5 Å². The molecule has 0 unspecified atom stereocenters. The number of hydrogen-bond acceptors (Lipinski definition) is 3. The zero-order chi connectivity index (χ0) is 18.0. The van der Waals surface area contributed by atoms with Gasteiger partial charge in [-0.3, -0.25) is 10.1 Å². The fourth-order valence-corrected chi connectivity index (χ4v) is 2.69. The van der Waals surface area contributed by atoms with Gasteiger partial charge < -0.3 is 10.4 Å². The lowest BCUT2D eigenvalue weighted by Gasteiger charge is -2.09. The van der Waals surface area contributed by atoms with Crippen LogP contribution in [0.25, 0.3) is 10.8 Å². The van der Waals surface area contributed by atoms with Crippen molar-refractivity contribution >= 4 is 40.0 Å². The summed E-state index contributed by atoms with van der Waals surface area (Å²) in [7, 11) is 0. The number of phenolic OH excluding ortho intramolecular Hbond substituents is 1. The fourth-order valence-electron chi connectivity index (χ4n) is 2.51. The Labute approximate surface area is 149 Å². The average Bonchev–Trinajstić information content (AvgIpc) is 2.60. The number of anilines is 1. The molecule has 3 aromatic rings. The molecule has 3 amide bonds. The van der Waals surface area contributed by atoms with Gasteiger partial charge in [0.25, 0.3) is 5.91 Å². The Morgan fingerprint density at radius 1 is 1.04 bits per heavy atom. The SMILES string of the molecule is Cc1c(O)ccc2cc(C(=O)NC(=O)Nc3ccccc3Cl)ccc12. The predicted molar refractivity (Wildman–Crippen MR) is 98.3 cm³/mol. The van der Waals surface area contributed by atoms with Crippen LogP contribution in [0.4, 0.5) is 10.5 Å². The smallest absolute Gasteiger partial charge is 0.326 e. The molecular weight excluding hydrogens is 340 g/mol. The van der Waals surface area contributed by atoms with E-state index in [2.05, 4.69) is 10.6 Å². The number of benzene rings is 3. The van der Waals surface area contributed by atoms with Crippen LogP contribution < -0.4 is 10.6 Å². The highest BCUT2D eigenvalue weighted by molar-refractivity contribution is 6.33. The van der Waals surface area contributed by atoms with Gasteiger partial charge in [-0.15, -0.1) is 0 Å². The Hall–Kier alpha value is -3.05. The van der Waals surface area contributed by atoms with Crippen LogP contribution in [-0.2, 0) is 0 Å². The minimum Gasteiger partial charge on any atom is -0.508 e. The van der Waals surface area contributed by atoms with E-state index in [1.807, 2.05) is 0 Å². The first-order valence-electron chi connectivity index (χ1n) is 7.55. The number of aryl methyl sites for hydroxylation is 1. The van der Waals surface area contributed by atoms with Crippen molar-refractivity contribution < 1.29 is 14.7 Å². The molecule has 3 aromatic carbocycles. The van der Waals surface area contributed by atoms with Gasteiger partial charge in [0.15, 0.2) is 0 Å². The minimum atomic E-state index is -0.667. The molecule has 3 N–H and O–H groups in total. The van der Waals surface area contributed by atoms with E-state index < -0.39 is 11.9 Å². The predicted octanol–water partition coefficient (Wildman–Crippen LogP) is 4.47. The summed E-state index contributed by atoms with van der Waals surface area (Å²) >= 11 is 5.97. The maximum atomic E-state index is 12.3. The highest BCUT2D eigenvalue weighted by atomic mass is 35.5. The Balaban J connectivity index is 1.77. The largest absolute Gasteiger partial charge is 0.508 e. The van der Waals surface area contributed by atoms with Crippen LogP contribution in [-0.4, -0.2) is 17.0 Å². The van der Waals surface area contributed by atoms with Gasteiger partial charge >= 0.3 is 6.03 Å². The van der Waals surface area contributed by atoms with Crippen LogP contribution in [0.5, 0.6) is 5.75 Å². The number of nitrogens with one attached hydrogen (secondary N) is 2. The zero-order valence-corrected chi connectivity index (χ0v) is 14.1. The van der Waals surface area contributed by atoms with E-state index in [9.17, 15) is 14.7 Å². The van der Waals surface area contributed by atoms with Gasteiger partial charge in [0.1, 0.15) is 5.75 Å². The van der Waals surface area contributed by atoms with Crippen LogP contribution in [0.15, 0.2) is 54.6 Å². The first-order valence-corrected chi connectivity index (χ1v) is 7.92. The number of carbonyl (C=O) groups excluding carboxylic acids is 2. The summed E-state index contributed by atoms with van der Waals surface area (Å²) in [5.41, 5.74) is 1.49. The summed E-state index contributed by atoms with van der Waals surface area (Å²) in [6, 6.07) is 14.4. The number of carbonyl (C=O) groups is 2. The normalized spacial score (nSPS) is 10.5. The molecule has 0 radical (unpaired) electrons. The van der Waals surface area contributed by atoms with Crippen molar-refractivity contribution in [2.45, 2.75) is 6.92 Å². The van der Waals surface area contributed by atoms with E-state index in [4.69, 9.17) is 11.6 Å². The Morgan fingerprint density at radius 3 is 2.56 bits per heavy atom. The molecule has 0 aliphatic heterocycles. The standard InChI is InChI=1S/C19H15ClN2O3/c1-11-14-8-6-13(10-12(14)7-9-17(11)23)18(24)22-19(25)21-16-5-3-2-4-15(16)20/h2-10,23H,1H3,(H2,21,22,24,25). The van der Waals surface area contributed by atoms with E-state index in [0.717, 1.165) is 16.3 Å². The first-order chi connectivity index (χ1) is 12.0. The molecule has 6 heteroatoms. The molecule has 0 aromatic heterocycles. The minimum absolute atomic E-state index is 0.198. The highest BCUT2D eigenvalue weighted by Crippen LogP contribution is 2.27. The second-order valence-electron chi connectivity index (χ2n) is 5.53. The van der Waals surface area contributed by atoms with Gasteiger partial charge in [0, 0.05) is 5.56 Å². The Morgan fingerprint density at radius 2 is 1.80 bits per heavy atom. The van der Waals surface area contributed by atoms with Gasteiger partial charge in [-0.25, -0.2) is 4.79 Å². The number of rotatable bonds is 2. The third-order valence-corrected chi connectivity index (χ3v) is 4.20. The Kier molecular flexibility index (Phi) is 4.59. The van der Waals surface area contributed by atoms with Crippen LogP contribution >= 0.6 is 11.6 Å². The molecule has 0 aliphatic rings. The van der Waals surface area contributed by atoms with Crippen LogP contribution in [0, 0.1) is 6.92 Å². The van der Waals surface area contributed by atoms with Crippen molar-refractivity contribution in [3.8, 4) is 5.75 Å². The van der Waals surface area contributed by atoms with Crippen LogP contribution in [0.2, 0.25) is 5.02 Å². The average molecular weight is 355 g/mol. The maximum Gasteiger partial charge on any atom is 0.326 e. The van der Waals surface area contributed by atoms with E-state index >= 15 is 0 Å². The van der Waals surface area contributed by atoms with Gasteiger partial charge in [-0.2, -0.15) is 0 Å². The van der Waals surface area contributed by atoms with E-state index in [1.165, 1.54) is 0 Å². The number of halogens is 1. The van der Waals surface area contributed by atoms with Crippen LogP contribution in [0.3, 0.4) is 0 Å².